The molecule has 21 heavy (non-hydrogen) atoms. The highest BCUT2D eigenvalue weighted by molar-refractivity contribution is 5.92. The van der Waals surface area contributed by atoms with Crippen LogP contribution in [0.5, 0.6) is 5.75 Å². The fourth-order valence-electron chi connectivity index (χ4n) is 2.42. The zero-order valence-corrected chi connectivity index (χ0v) is 12.3. The summed E-state index contributed by atoms with van der Waals surface area (Å²) >= 11 is 0. The highest BCUT2D eigenvalue weighted by atomic mass is 16.5. The average molecular weight is 291 g/mol. The minimum atomic E-state index is -0.296. The standard InChI is InChI=1S/C16H21NO4/c1-20-15(18)10-11-21-14-8-6-13(7-9-14)17-16(19)12-4-2-3-5-12/h6-9,12H,2-5,10-11H2,1H3,(H,17,19). The molecule has 5 nitrogen and oxygen atoms in total. The second kappa shape index (κ2) is 7.67. The van der Waals surface area contributed by atoms with Crippen molar-refractivity contribution in [2.45, 2.75) is 32.1 Å². The Morgan fingerprint density at radius 1 is 1.19 bits per heavy atom. The van der Waals surface area contributed by atoms with Crippen LogP contribution in [0.4, 0.5) is 5.69 Å². The summed E-state index contributed by atoms with van der Waals surface area (Å²) in [6.45, 7) is 0.278. The van der Waals surface area contributed by atoms with Crippen LogP contribution in [0, 0.1) is 5.92 Å². The lowest BCUT2D eigenvalue weighted by Crippen LogP contribution is -2.20. The molecule has 1 aromatic carbocycles. The van der Waals surface area contributed by atoms with Gasteiger partial charge in [0.2, 0.25) is 5.91 Å². The van der Waals surface area contributed by atoms with Crippen molar-refractivity contribution in [2.24, 2.45) is 5.92 Å². The molecule has 0 atom stereocenters. The number of ether oxygens (including phenoxy) is 2. The third kappa shape index (κ3) is 4.77. The monoisotopic (exact) mass is 291 g/mol. The van der Waals surface area contributed by atoms with Crippen LogP contribution in [0.1, 0.15) is 32.1 Å². The van der Waals surface area contributed by atoms with Gasteiger partial charge in [0.15, 0.2) is 0 Å². The van der Waals surface area contributed by atoms with E-state index < -0.39 is 0 Å². The van der Waals surface area contributed by atoms with Gasteiger partial charge in [0.05, 0.1) is 20.1 Å². The van der Waals surface area contributed by atoms with Crippen LogP contribution in [-0.2, 0) is 14.3 Å². The fourth-order valence-corrected chi connectivity index (χ4v) is 2.42. The van der Waals surface area contributed by atoms with E-state index in [9.17, 15) is 9.59 Å². The van der Waals surface area contributed by atoms with Crippen LogP contribution >= 0.6 is 0 Å². The number of amides is 1. The SMILES string of the molecule is COC(=O)CCOc1ccc(NC(=O)C2CCCC2)cc1. The van der Waals surface area contributed by atoms with Gasteiger partial charge in [-0.25, -0.2) is 0 Å². The second-order valence-corrected chi connectivity index (χ2v) is 5.17. The molecule has 1 aliphatic rings. The van der Waals surface area contributed by atoms with E-state index in [0.717, 1.165) is 31.4 Å². The summed E-state index contributed by atoms with van der Waals surface area (Å²) in [5.74, 6) is 0.626. The summed E-state index contributed by atoms with van der Waals surface area (Å²) in [7, 11) is 1.35. The zero-order valence-electron chi connectivity index (χ0n) is 12.3. The van der Waals surface area contributed by atoms with Crippen LogP contribution in [0.15, 0.2) is 24.3 Å². The largest absolute Gasteiger partial charge is 0.493 e. The average Bonchev–Trinajstić information content (AvgIpc) is 3.03. The fraction of sp³-hybridized carbons (Fsp3) is 0.500. The normalized spacial score (nSPS) is 14.7. The Hall–Kier alpha value is -2.04. The molecule has 1 saturated carbocycles. The van der Waals surface area contributed by atoms with Crippen molar-refractivity contribution in [1.82, 2.24) is 0 Å². The van der Waals surface area contributed by atoms with E-state index in [0.29, 0.717) is 5.75 Å². The molecule has 1 amide bonds. The molecule has 0 aromatic heterocycles. The lowest BCUT2D eigenvalue weighted by molar-refractivity contribution is -0.141. The number of anilines is 1. The summed E-state index contributed by atoms with van der Waals surface area (Å²) < 4.78 is 9.96. The molecule has 0 unspecified atom stereocenters. The van der Waals surface area contributed by atoms with Crippen LogP contribution < -0.4 is 10.1 Å². The number of esters is 1. The third-order valence-corrected chi connectivity index (χ3v) is 3.65. The van der Waals surface area contributed by atoms with E-state index in [4.69, 9.17) is 4.74 Å². The van der Waals surface area contributed by atoms with E-state index in [1.54, 1.807) is 24.3 Å². The minimum Gasteiger partial charge on any atom is -0.493 e. The smallest absolute Gasteiger partial charge is 0.308 e. The van der Waals surface area contributed by atoms with Gasteiger partial charge in [0, 0.05) is 11.6 Å². The van der Waals surface area contributed by atoms with Crippen LogP contribution in [0.2, 0.25) is 0 Å². The van der Waals surface area contributed by atoms with Crippen molar-refractivity contribution in [2.75, 3.05) is 19.0 Å². The van der Waals surface area contributed by atoms with E-state index in [-0.39, 0.29) is 30.8 Å². The van der Waals surface area contributed by atoms with Crippen LogP contribution in [0.3, 0.4) is 0 Å². The third-order valence-electron chi connectivity index (χ3n) is 3.65. The van der Waals surface area contributed by atoms with E-state index in [2.05, 4.69) is 10.1 Å². The van der Waals surface area contributed by atoms with Gasteiger partial charge in [-0.3, -0.25) is 9.59 Å². The van der Waals surface area contributed by atoms with Gasteiger partial charge in [-0.2, -0.15) is 0 Å². The molecule has 5 heteroatoms. The van der Waals surface area contributed by atoms with Gasteiger partial charge in [-0.05, 0) is 37.1 Å². The summed E-state index contributed by atoms with van der Waals surface area (Å²) in [6.07, 6.45) is 4.48. The molecule has 0 radical (unpaired) electrons. The maximum Gasteiger partial charge on any atom is 0.308 e. The lowest BCUT2D eigenvalue weighted by Gasteiger charge is -2.11. The Morgan fingerprint density at radius 2 is 1.86 bits per heavy atom. The summed E-state index contributed by atoms with van der Waals surface area (Å²) in [4.78, 5) is 22.9. The molecule has 1 fully saturated rings. The van der Waals surface area contributed by atoms with Crippen molar-refractivity contribution in [3.63, 3.8) is 0 Å². The van der Waals surface area contributed by atoms with Gasteiger partial charge in [0.25, 0.3) is 0 Å². The Kier molecular flexibility index (Phi) is 5.60. The van der Waals surface area contributed by atoms with Gasteiger partial charge in [-0.1, -0.05) is 12.8 Å². The highest BCUT2D eigenvalue weighted by Crippen LogP contribution is 2.26. The number of carbonyl (C=O) groups is 2. The zero-order chi connectivity index (χ0) is 15.1. The second-order valence-electron chi connectivity index (χ2n) is 5.17. The van der Waals surface area contributed by atoms with Gasteiger partial charge in [0.1, 0.15) is 5.75 Å². The van der Waals surface area contributed by atoms with Crippen molar-refractivity contribution in [3.8, 4) is 5.75 Å². The van der Waals surface area contributed by atoms with E-state index in [1.165, 1.54) is 7.11 Å². The topological polar surface area (TPSA) is 64.6 Å². The summed E-state index contributed by atoms with van der Waals surface area (Å²) in [5, 5.41) is 2.93. The number of hydrogen-bond acceptors (Lipinski definition) is 4. The molecule has 1 aliphatic carbocycles. The molecule has 1 aromatic rings. The van der Waals surface area contributed by atoms with Crippen LogP contribution in [0.25, 0.3) is 0 Å². The lowest BCUT2D eigenvalue weighted by atomic mass is 10.1. The maximum atomic E-state index is 12.0. The molecular formula is C16H21NO4. The molecule has 0 spiro atoms. The number of nitrogens with one attached hydrogen (secondary N) is 1. The Labute approximate surface area is 124 Å². The molecule has 0 heterocycles. The first kappa shape index (κ1) is 15.4. The maximum absolute atomic E-state index is 12.0. The van der Waals surface area contributed by atoms with Crippen molar-refractivity contribution in [1.29, 1.82) is 0 Å². The predicted molar refractivity (Wildman–Crippen MR) is 79.2 cm³/mol. The number of rotatable bonds is 6. The van der Waals surface area contributed by atoms with Crippen LogP contribution in [-0.4, -0.2) is 25.6 Å². The molecule has 114 valence electrons. The van der Waals surface area contributed by atoms with E-state index >= 15 is 0 Å². The summed E-state index contributed by atoms with van der Waals surface area (Å²) in [5.41, 5.74) is 0.771. The molecule has 2 rings (SSSR count). The molecule has 0 saturated heterocycles. The first-order chi connectivity index (χ1) is 10.2. The molecule has 0 bridgehead atoms. The summed E-state index contributed by atoms with van der Waals surface area (Å²) in [6, 6.07) is 7.17. The van der Waals surface area contributed by atoms with Gasteiger partial charge >= 0.3 is 5.97 Å². The van der Waals surface area contributed by atoms with E-state index in [1.807, 2.05) is 0 Å². The Morgan fingerprint density at radius 3 is 2.48 bits per heavy atom. The number of methoxy groups -OCH3 is 1. The first-order valence-corrected chi connectivity index (χ1v) is 7.29. The minimum absolute atomic E-state index is 0.104. The number of hydrogen-bond donors (Lipinski definition) is 1. The van der Waals surface area contributed by atoms with Crippen molar-refractivity contribution >= 4 is 17.6 Å². The molecule has 1 N–H and O–H groups in total. The van der Waals surface area contributed by atoms with Crippen molar-refractivity contribution < 1.29 is 19.1 Å². The van der Waals surface area contributed by atoms with Crippen molar-refractivity contribution in [3.05, 3.63) is 24.3 Å². The quantitative estimate of drug-likeness (QED) is 0.818. The van der Waals surface area contributed by atoms with Gasteiger partial charge in [-0.15, -0.1) is 0 Å². The Balaban J connectivity index is 1.78. The van der Waals surface area contributed by atoms with Gasteiger partial charge < -0.3 is 14.8 Å². The first-order valence-electron chi connectivity index (χ1n) is 7.29. The highest BCUT2D eigenvalue weighted by Gasteiger charge is 2.22. The number of carbonyl (C=O) groups excluding carboxylic acids is 2. The Bertz CT molecular complexity index is 478. The molecule has 0 aliphatic heterocycles. The molecular weight excluding hydrogens is 270 g/mol. The number of benzene rings is 1. The predicted octanol–water partition coefficient (Wildman–Crippen LogP) is 2.76.